The Balaban J connectivity index is 2.93. The fraction of sp³-hybridized carbons (Fsp3) is 0.538. The molecule has 0 aliphatic carbocycles. The molecule has 0 aliphatic heterocycles. The van der Waals surface area contributed by atoms with Crippen LogP contribution >= 0.6 is 0 Å². The Bertz CT molecular complexity index is 261. The summed E-state index contributed by atoms with van der Waals surface area (Å²) in [7, 11) is 0. The highest BCUT2D eigenvalue weighted by molar-refractivity contribution is 5.31. The van der Waals surface area contributed by atoms with Crippen LogP contribution < -0.4 is 0 Å². The molecule has 0 unspecified atom stereocenters. The van der Waals surface area contributed by atoms with Gasteiger partial charge in [-0.25, -0.2) is 0 Å². The zero-order valence-electron chi connectivity index (χ0n) is 8.98. The molecule has 0 heterocycles. The van der Waals surface area contributed by atoms with E-state index in [4.69, 9.17) is 0 Å². The van der Waals surface area contributed by atoms with Gasteiger partial charge in [0.25, 0.3) is 0 Å². The molecule has 0 aromatic heterocycles. The Morgan fingerprint density at radius 2 is 1.92 bits per heavy atom. The number of benzene rings is 1. The summed E-state index contributed by atoms with van der Waals surface area (Å²) in [5, 5.41) is 0. The molecule has 0 heteroatoms. The van der Waals surface area contributed by atoms with Crippen molar-refractivity contribution in [3.63, 3.8) is 0 Å². The Labute approximate surface area is 82.0 Å². The molecule has 13 heavy (non-hydrogen) atoms. The van der Waals surface area contributed by atoms with Gasteiger partial charge in [0.2, 0.25) is 0 Å². The fourth-order valence-electron chi connectivity index (χ4n) is 1.63. The molecule has 0 amide bonds. The Hall–Kier alpha value is -0.780. The van der Waals surface area contributed by atoms with Crippen LogP contribution in [-0.4, -0.2) is 0 Å². The maximum absolute atomic E-state index is 3.41. The van der Waals surface area contributed by atoms with E-state index in [9.17, 15) is 0 Å². The van der Waals surface area contributed by atoms with Crippen LogP contribution in [-0.2, 0) is 19.3 Å². The third-order valence-electron chi connectivity index (χ3n) is 2.47. The number of hydrogen-bond donors (Lipinski definition) is 0. The van der Waals surface area contributed by atoms with E-state index in [1.165, 1.54) is 29.5 Å². The lowest BCUT2D eigenvalue weighted by molar-refractivity contribution is 0.894. The predicted molar refractivity (Wildman–Crippen MR) is 58.0 cm³/mol. The Morgan fingerprint density at radius 1 is 1.15 bits per heavy atom. The molecule has 0 fully saturated rings. The molecule has 71 valence electrons. The summed E-state index contributed by atoms with van der Waals surface area (Å²) < 4.78 is 0. The molecule has 1 rings (SSSR count). The van der Waals surface area contributed by atoms with E-state index in [0.29, 0.717) is 0 Å². The predicted octanol–water partition coefficient (Wildman–Crippen LogP) is 3.56. The van der Waals surface area contributed by atoms with Gasteiger partial charge in [0.05, 0.1) is 0 Å². The van der Waals surface area contributed by atoms with Crippen molar-refractivity contribution in [3.8, 4) is 0 Å². The lowest BCUT2D eigenvalue weighted by atomic mass is 9.98. The average molecular weight is 175 g/mol. The molecule has 0 nitrogen and oxygen atoms in total. The smallest absolute Gasteiger partial charge is 0.0143 e. The highest BCUT2D eigenvalue weighted by atomic mass is 14.1. The third-order valence-corrected chi connectivity index (χ3v) is 2.47. The summed E-state index contributed by atoms with van der Waals surface area (Å²) in [4.78, 5) is 0. The summed E-state index contributed by atoms with van der Waals surface area (Å²) in [6.45, 7) is 6.64. The van der Waals surface area contributed by atoms with Gasteiger partial charge >= 0.3 is 0 Å². The molecular formula is C13H19. The van der Waals surface area contributed by atoms with Gasteiger partial charge in [0.15, 0.2) is 0 Å². The Kier molecular flexibility index (Phi) is 4.01. The van der Waals surface area contributed by atoms with E-state index in [0.717, 1.165) is 12.8 Å². The standard InChI is InChI=1S/C13H19/c1-4-7-13-9-8-11(5-2)10-12(13)6-3/h8,10H,4-7H2,1-3H3. The van der Waals surface area contributed by atoms with Gasteiger partial charge in [-0.3, -0.25) is 0 Å². The van der Waals surface area contributed by atoms with Gasteiger partial charge in [-0.2, -0.15) is 0 Å². The van der Waals surface area contributed by atoms with E-state index in [-0.39, 0.29) is 0 Å². The minimum Gasteiger partial charge on any atom is -0.0651 e. The maximum Gasteiger partial charge on any atom is -0.0143 e. The van der Waals surface area contributed by atoms with E-state index in [2.05, 4.69) is 39.0 Å². The molecule has 0 bridgehead atoms. The molecule has 1 aromatic rings. The molecule has 0 N–H and O–H groups in total. The van der Waals surface area contributed by atoms with Crippen molar-refractivity contribution in [2.24, 2.45) is 0 Å². The van der Waals surface area contributed by atoms with Crippen LogP contribution in [0.15, 0.2) is 12.1 Å². The van der Waals surface area contributed by atoms with Crippen LogP contribution in [0.4, 0.5) is 0 Å². The first-order valence-electron chi connectivity index (χ1n) is 5.34. The number of rotatable bonds is 4. The topological polar surface area (TPSA) is 0 Å². The minimum atomic E-state index is 1.12. The van der Waals surface area contributed by atoms with Gasteiger partial charge in [-0.15, -0.1) is 0 Å². The van der Waals surface area contributed by atoms with Crippen molar-refractivity contribution in [2.75, 3.05) is 0 Å². The normalized spacial score (nSPS) is 10.4. The van der Waals surface area contributed by atoms with E-state index < -0.39 is 0 Å². The SMILES string of the molecule is CCCc1[c]cc(CC)cc1CC. The molecule has 0 atom stereocenters. The van der Waals surface area contributed by atoms with Crippen molar-refractivity contribution in [1.82, 2.24) is 0 Å². The zero-order valence-corrected chi connectivity index (χ0v) is 8.98. The van der Waals surface area contributed by atoms with Gasteiger partial charge in [-0.05, 0) is 42.0 Å². The van der Waals surface area contributed by atoms with E-state index in [1.54, 1.807) is 0 Å². The highest BCUT2D eigenvalue weighted by Gasteiger charge is 2.00. The van der Waals surface area contributed by atoms with Gasteiger partial charge in [0, 0.05) is 0 Å². The van der Waals surface area contributed by atoms with E-state index in [1.807, 2.05) is 0 Å². The first-order chi connectivity index (χ1) is 6.31. The van der Waals surface area contributed by atoms with Crippen molar-refractivity contribution in [1.29, 1.82) is 0 Å². The van der Waals surface area contributed by atoms with Crippen molar-refractivity contribution < 1.29 is 0 Å². The van der Waals surface area contributed by atoms with E-state index >= 15 is 0 Å². The number of hydrogen-bond acceptors (Lipinski definition) is 0. The van der Waals surface area contributed by atoms with Crippen LogP contribution in [0.2, 0.25) is 0 Å². The van der Waals surface area contributed by atoms with Crippen LogP contribution in [0.5, 0.6) is 0 Å². The Morgan fingerprint density at radius 3 is 2.46 bits per heavy atom. The maximum atomic E-state index is 3.41. The fourth-order valence-corrected chi connectivity index (χ4v) is 1.63. The average Bonchev–Trinajstić information content (AvgIpc) is 2.19. The summed E-state index contributed by atoms with van der Waals surface area (Å²) in [5.41, 5.74) is 4.32. The summed E-state index contributed by atoms with van der Waals surface area (Å²) in [6, 6.07) is 7.89. The molecule has 0 spiro atoms. The second-order valence-electron chi connectivity index (χ2n) is 3.47. The van der Waals surface area contributed by atoms with Crippen LogP contribution in [0.3, 0.4) is 0 Å². The monoisotopic (exact) mass is 175 g/mol. The summed E-state index contributed by atoms with van der Waals surface area (Å²) in [6.07, 6.45) is 4.65. The second-order valence-corrected chi connectivity index (χ2v) is 3.47. The summed E-state index contributed by atoms with van der Waals surface area (Å²) >= 11 is 0. The van der Waals surface area contributed by atoms with Crippen LogP contribution in [0.25, 0.3) is 0 Å². The molecule has 0 saturated heterocycles. The highest BCUT2D eigenvalue weighted by Crippen LogP contribution is 2.14. The largest absolute Gasteiger partial charge is 0.0651 e. The zero-order chi connectivity index (χ0) is 9.68. The first-order valence-corrected chi connectivity index (χ1v) is 5.34. The van der Waals surface area contributed by atoms with Crippen LogP contribution in [0, 0.1) is 6.07 Å². The van der Waals surface area contributed by atoms with Crippen molar-refractivity contribution in [2.45, 2.75) is 46.5 Å². The lowest BCUT2D eigenvalue weighted by Crippen LogP contribution is -1.94. The van der Waals surface area contributed by atoms with Gasteiger partial charge < -0.3 is 0 Å². The number of aryl methyl sites for hydroxylation is 3. The first kappa shape index (κ1) is 10.3. The summed E-state index contributed by atoms with van der Waals surface area (Å²) in [5.74, 6) is 0. The molecule has 1 radical (unpaired) electrons. The molecule has 0 aliphatic rings. The van der Waals surface area contributed by atoms with Gasteiger partial charge in [0.1, 0.15) is 0 Å². The minimum absolute atomic E-state index is 1.12. The van der Waals surface area contributed by atoms with Crippen molar-refractivity contribution in [3.05, 3.63) is 34.9 Å². The van der Waals surface area contributed by atoms with Crippen molar-refractivity contribution >= 4 is 0 Å². The quantitative estimate of drug-likeness (QED) is 0.656. The molecular weight excluding hydrogens is 156 g/mol. The third kappa shape index (κ3) is 2.58. The lowest BCUT2D eigenvalue weighted by Gasteiger charge is -2.07. The molecule has 0 saturated carbocycles. The molecule has 1 aromatic carbocycles. The second kappa shape index (κ2) is 5.06. The van der Waals surface area contributed by atoms with Crippen LogP contribution in [0.1, 0.15) is 43.9 Å². The van der Waals surface area contributed by atoms with Gasteiger partial charge in [-0.1, -0.05) is 39.3 Å².